The molecule has 1 aromatic rings. The molecule has 0 saturated carbocycles. The topological polar surface area (TPSA) is 73.9 Å². The van der Waals surface area contributed by atoms with Crippen LogP contribution in [0.15, 0.2) is 18.2 Å². The molecule has 0 spiro atoms. The highest BCUT2D eigenvalue weighted by Gasteiger charge is 2.33. The number of carbonyl (C=O) groups excluding carboxylic acids is 2. The van der Waals surface area contributed by atoms with Gasteiger partial charge in [0.15, 0.2) is 0 Å². The molecule has 0 aliphatic rings. The third-order valence-corrected chi connectivity index (χ3v) is 4.31. The highest BCUT2D eigenvalue weighted by molar-refractivity contribution is 5.99. The monoisotopic (exact) mass is 379 g/mol. The van der Waals surface area contributed by atoms with E-state index < -0.39 is 11.6 Å². The molecule has 0 aliphatic carbocycles. The van der Waals surface area contributed by atoms with Crippen molar-refractivity contribution in [1.82, 2.24) is 0 Å². The Bertz CT molecular complexity index is 623. The SMILES string of the molecule is CCC[C@](C)(OCC)C(=O)Nc1ccc(O[C@H](C)CC)c(C(=O)OCC)c1. The lowest BCUT2D eigenvalue weighted by molar-refractivity contribution is -0.139. The lowest BCUT2D eigenvalue weighted by atomic mass is 9.99. The van der Waals surface area contributed by atoms with Crippen molar-refractivity contribution in [1.29, 1.82) is 0 Å². The second-order valence-electron chi connectivity index (χ2n) is 6.64. The van der Waals surface area contributed by atoms with Gasteiger partial charge in [0, 0.05) is 12.3 Å². The van der Waals surface area contributed by atoms with Crippen LogP contribution in [-0.4, -0.2) is 36.8 Å². The van der Waals surface area contributed by atoms with Crippen molar-refractivity contribution in [3.8, 4) is 5.75 Å². The minimum Gasteiger partial charge on any atom is -0.490 e. The molecule has 152 valence electrons. The summed E-state index contributed by atoms with van der Waals surface area (Å²) in [6.45, 7) is 12.0. The van der Waals surface area contributed by atoms with E-state index in [-0.39, 0.29) is 18.6 Å². The number of anilines is 1. The lowest BCUT2D eigenvalue weighted by Crippen LogP contribution is -2.42. The van der Waals surface area contributed by atoms with E-state index in [0.717, 1.165) is 12.8 Å². The van der Waals surface area contributed by atoms with Crippen LogP contribution < -0.4 is 10.1 Å². The molecule has 0 fully saturated rings. The maximum Gasteiger partial charge on any atom is 0.341 e. The summed E-state index contributed by atoms with van der Waals surface area (Å²) >= 11 is 0. The summed E-state index contributed by atoms with van der Waals surface area (Å²) in [5.41, 5.74) is -0.121. The van der Waals surface area contributed by atoms with Gasteiger partial charge in [-0.2, -0.15) is 0 Å². The molecule has 0 heterocycles. The maximum absolute atomic E-state index is 12.7. The lowest BCUT2D eigenvalue weighted by Gasteiger charge is -2.28. The highest BCUT2D eigenvalue weighted by Crippen LogP contribution is 2.27. The summed E-state index contributed by atoms with van der Waals surface area (Å²) in [6.07, 6.45) is 2.20. The van der Waals surface area contributed by atoms with Crippen LogP contribution >= 0.6 is 0 Å². The molecule has 0 unspecified atom stereocenters. The van der Waals surface area contributed by atoms with Crippen LogP contribution in [0.25, 0.3) is 0 Å². The molecule has 0 bridgehead atoms. The summed E-state index contributed by atoms with van der Waals surface area (Å²) in [5.74, 6) is -0.272. The molecule has 0 radical (unpaired) electrons. The fourth-order valence-electron chi connectivity index (χ4n) is 2.69. The van der Waals surface area contributed by atoms with Gasteiger partial charge in [0.05, 0.1) is 12.7 Å². The number of esters is 1. The van der Waals surface area contributed by atoms with E-state index in [9.17, 15) is 9.59 Å². The van der Waals surface area contributed by atoms with Crippen molar-refractivity contribution in [2.75, 3.05) is 18.5 Å². The minimum atomic E-state index is -0.917. The number of benzene rings is 1. The smallest absolute Gasteiger partial charge is 0.341 e. The standard InChI is InChI=1S/C21H33NO5/c1-7-13-21(6,26-10-4)20(24)22-16-11-12-18(27-15(5)8-2)17(14-16)19(23)25-9-3/h11-12,14-15H,7-10,13H2,1-6H3,(H,22,24)/t15-,21+/m1/s1. The molecule has 1 aromatic carbocycles. The number of rotatable bonds is 11. The highest BCUT2D eigenvalue weighted by atomic mass is 16.5. The van der Waals surface area contributed by atoms with E-state index in [1.165, 1.54) is 0 Å². The molecule has 1 rings (SSSR count). The molecular weight excluding hydrogens is 346 g/mol. The first kappa shape index (κ1) is 23.0. The first-order valence-electron chi connectivity index (χ1n) is 9.74. The van der Waals surface area contributed by atoms with E-state index in [1.54, 1.807) is 32.0 Å². The van der Waals surface area contributed by atoms with Gasteiger partial charge in [-0.25, -0.2) is 4.79 Å². The Morgan fingerprint density at radius 1 is 1.15 bits per heavy atom. The molecule has 6 heteroatoms. The molecule has 6 nitrogen and oxygen atoms in total. The Labute approximate surface area is 162 Å². The Morgan fingerprint density at radius 3 is 2.41 bits per heavy atom. The fraction of sp³-hybridized carbons (Fsp3) is 0.619. The van der Waals surface area contributed by atoms with Gasteiger partial charge < -0.3 is 19.5 Å². The number of hydrogen-bond donors (Lipinski definition) is 1. The first-order chi connectivity index (χ1) is 12.8. The molecule has 1 amide bonds. The van der Waals surface area contributed by atoms with Crippen molar-refractivity contribution in [2.45, 2.75) is 72.5 Å². The number of hydrogen-bond acceptors (Lipinski definition) is 5. The molecular formula is C21H33NO5. The van der Waals surface area contributed by atoms with Gasteiger partial charge in [-0.1, -0.05) is 20.3 Å². The second-order valence-corrected chi connectivity index (χ2v) is 6.64. The van der Waals surface area contributed by atoms with Crippen molar-refractivity contribution in [2.24, 2.45) is 0 Å². The van der Waals surface area contributed by atoms with Gasteiger partial charge in [-0.3, -0.25) is 4.79 Å². The third-order valence-electron chi connectivity index (χ3n) is 4.31. The number of ether oxygens (including phenoxy) is 3. The van der Waals surface area contributed by atoms with Crippen LogP contribution in [0.3, 0.4) is 0 Å². The fourth-order valence-corrected chi connectivity index (χ4v) is 2.69. The summed E-state index contributed by atoms with van der Waals surface area (Å²) in [5, 5.41) is 2.86. The Balaban J connectivity index is 3.12. The van der Waals surface area contributed by atoms with Crippen LogP contribution in [0.4, 0.5) is 5.69 Å². The maximum atomic E-state index is 12.7. The zero-order valence-corrected chi connectivity index (χ0v) is 17.4. The quantitative estimate of drug-likeness (QED) is 0.570. The van der Waals surface area contributed by atoms with Gasteiger partial charge in [0.2, 0.25) is 0 Å². The van der Waals surface area contributed by atoms with Crippen molar-refractivity contribution < 1.29 is 23.8 Å². The van der Waals surface area contributed by atoms with Crippen LogP contribution in [-0.2, 0) is 14.3 Å². The largest absolute Gasteiger partial charge is 0.490 e. The molecule has 0 aliphatic heterocycles. The molecule has 2 atom stereocenters. The Hall–Kier alpha value is -2.08. The Kier molecular flexibility index (Phi) is 9.29. The summed E-state index contributed by atoms with van der Waals surface area (Å²) in [4.78, 5) is 25.1. The van der Waals surface area contributed by atoms with Gasteiger partial charge in [0.25, 0.3) is 5.91 Å². The molecule has 0 saturated heterocycles. The number of amides is 1. The average molecular weight is 379 g/mol. The van der Waals surface area contributed by atoms with Crippen LogP contribution in [0.5, 0.6) is 5.75 Å². The predicted molar refractivity (Wildman–Crippen MR) is 106 cm³/mol. The van der Waals surface area contributed by atoms with Gasteiger partial charge >= 0.3 is 5.97 Å². The average Bonchev–Trinajstić information content (AvgIpc) is 2.63. The Morgan fingerprint density at radius 2 is 1.85 bits per heavy atom. The van der Waals surface area contributed by atoms with Crippen molar-refractivity contribution >= 4 is 17.6 Å². The predicted octanol–water partition coefficient (Wildman–Crippen LogP) is 4.57. The van der Waals surface area contributed by atoms with Crippen molar-refractivity contribution in [3.63, 3.8) is 0 Å². The van der Waals surface area contributed by atoms with Crippen LogP contribution in [0, 0.1) is 0 Å². The van der Waals surface area contributed by atoms with Gasteiger partial charge in [-0.05, 0) is 58.7 Å². The van der Waals surface area contributed by atoms with E-state index in [2.05, 4.69) is 5.32 Å². The summed E-state index contributed by atoms with van der Waals surface area (Å²) < 4.78 is 16.6. The third kappa shape index (κ3) is 6.54. The van der Waals surface area contributed by atoms with Crippen molar-refractivity contribution in [3.05, 3.63) is 23.8 Å². The minimum absolute atomic E-state index is 0.0376. The zero-order valence-electron chi connectivity index (χ0n) is 17.4. The van der Waals surface area contributed by atoms with E-state index in [4.69, 9.17) is 14.2 Å². The van der Waals surface area contributed by atoms with Crippen LogP contribution in [0.1, 0.15) is 71.2 Å². The van der Waals surface area contributed by atoms with E-state index >= 15 is 0 Å². The molecule has 0 aromatic heterocycles. The summed E-state index contributed by atoms with van der Waals surface area (Å²) in [6, 6.07) is 4.99. The normalized spacial score (nSPS) is 14.1. The first-order valence-corrected chi connectivity index (χ1v) is 9.74. The second kappa shape index (κ2) is 10.9. The molecule has 27 heavy (non-hydrogen) atoms. The summed E-state index contributed by atoms with van der Waals surface area (Å²) in [7, 11) is 0. The van der Waals surface area contributed by atoms with Gasteiger partial charge in [0.1, 0.15) is 16.9 Å². The molecule has 1 N–H and O–H groups in total. The zero-order chi connectivity index (χ0) is 20.4. The number of nitrogens with one attached hydrogen (secondary N) is 1. The van der Waals surface area contributed by atoms with Crippen LogP contribution in [0.2, 0.25) is 0 Å². The van der Waals surface area contributed by atoms with Gasteiger partial charge in [-0.15, -0.1) is 0 Å². The van der Waals surface area contributed by atoms with E-state index in [0.29, 0.717) is 30.0 Å². The van der Waals surface area contributed by atoms with E-state index in [1.807, 2.05) is 27.7 Å². The number of carbonyl (C=O) groups is 2.